The van der Waals surface area contributed by atoms with Crippen molar-refractivity contribution in [3.63, 3.8) is 0 Å². The van der Waals surface area contributed by atoms with E-state index >= 15 is 0 Å². The van der Waals surface area contributed by atoms with E-state index in [9.17, 15) is 0 Å². The predicted octanol–water partition coefficient (Wildman–Crippen LogP) is 0.910. The minimum absolute atomic E-state index is 0.458. The third-order valence-corrected chi connectivity index (χ3v) is 1.43. The molecule has 1 atom stereocenters. The van der Waals surface area contributed by atoms with Gasteiger partial charge in [0, 0.05) is 0 Å². The van der Waals surface area contributed by atoms with Crippen molar-refractivity contribution in [1.29, 1.82) is 0 Å². The zero-order chi connectivity index (χ0) is 6.69. The van der Waals surface area contributed by atoms with Crippen molar-refractivity contribution < 1.29 is 4.58 Å². The van der Waals surface area contributed by atoms with E-state index in [-0.39, 0.29) is 0 Å². The normalized spacial score (nSPS) is 24.7. The molecule has 0 saturated heterocycles. The molecule has 0 bridgehead atoms. The number of hydrogen-bond donors (Lipinski definition) is 0. The van der Waals surface area contributed by atoms with E-state index in [1.807, 2.05) is 18.0 Å². The van der Waals surface area contributed by atoms with Gasteiger partial charge in [-0.15, -0.1) is 0 Å². The number of rotatable bonds is 2. The van der Waals surface area contributed by atoms with Gasteiger partial charge in [0.15, 0.2) is 6.04 Å². The molecule has 0 saturated carbocycles. The Hall–Kier alpha value is -0.660. The summed E-state index contributed by atoms with van der Waals surface area (Å²) in [4.78, 5) is 4.25. The summed E-state index contributed by atoms with van der Waals surface area (Å²) in [5, 5.41) is 0. The Morgan fingerprint density at radius 3 is 2.89 bits per heavy atom. The van der Waals surface area contributed by atoms with Gasteiger partial charge in [-0.2, -0.15) is 0 Å². The van der Waals surface area contributed by atoms with E-state index in [2.05, 4.69) is 18.1 Å². The third kappa shape index (κ3) is 1.63. The second-order valence-electron chi connectivity index (χ2n) is 2.44. The maximum absolute atomic E-state index is 4.25. The van der Waals surface area contributed by atoms with Gasteiger partial charge in [-0.3, -0.25) is 0 Å². The first kappa shape index (κ1) is 6.46. The molecule has 0 fully saturated rings. The highest BCUT2D eigenvalue weighted by Gasteiger charge is 2.14. The fourth-order valence-electron chi connectivity index (χ4n) is 0.984. The summed E-state index contributed by atoms with van der Waals surface area (Å²) in [7, 11) is 2.01. The Balaban J connectivity index is 2.40. The van der Waals surface area contributed by atoms with Crippen LogP contribution in [0, 0.1) is 0 Å². The largest absolute Gasteiger partial charge is 0.280 e. The molecule has 0 aromatic rings. The van der Waals surface area contributed by atoms with Gasteiger partial charge in [-0.05, 0) is 6.42 Å². The summed E-state index contributed by atoms with van der Waals surface area (Å²) in [6.45, 7) is 2.18. The van der Waals surface area contributed by atoms with E-state index in [0.29, 0.717) is 6.04 Å². The molecule has 0 aromatic carbocycles. The molecule has 0 amide bonds. The molecule has 0 aliphatic carbocycles. The summed E-state index contributed by atoms with van der Waals surface area (Å²) in [6.07, 6.45) is 6.41. The second-order valence-corrected chi connectivity index (χ2v) is 2.44. The predicted molar refractivity (Wildman–Crippen MR) is 39.4 cm³/mol. The summed E-state index contributed by atoms with van der Waals surface area (Å²) < 4.78 is 2.01. The van der Waals surface area contributed by atoms with Crippen LogP contribution in [0.5, 0.6) is 0 Å². The van der Waals surface area contributed by atoms with E-state index in [1.54, 1.807) is 0 Å². The van der Waals surface area contributed by atoms with Crippen molar-refractivity contribution >= 4 is 12.6 Å². The maximum Gasteiger partial charge on any atom is 0.280 e. The molecular formula is C7H13N2+. The number of aliphatic imine (C=N–C) groups is 1. The van der Waals surface area contributed by atoms with E-state index in [4.69, 9.17) is 0 Å². The van der Waals surface area contributed by atoms with Crippen LogP contribution in [0.25, 0.3) is 0 Å². The van der Waals surface area contributed by atoms with Gasteiger partial charge in [-0.25, -0.2) is 4.58 Å². The molecule has 50 valence electrons. The highest BCUT2D eigenvalue weighted by atomic mass is 15.1. The average Bonchev–Trinajstić information content (AvgIpc) is 2.17. The standard InChI is InChI=1S/C7H13N2/c1-3-4-7-5-9(2)6-8-7/h5-7H,3-4H2,1-2H3/q+1. The SMILES string of the molecule is CCCC1C=[N+](C)C=N1. The summed E-state index contributed by atoms with van der Waals surface area (Å²) >= 11 is 0. The lowest BCUT2D eigenvalue weighted by Gasteiger charge is -1.89. The van der Waals surface area contributed by atoms with Crippen LogP contribution in [0.3, 0.4) is 0 Å². The highest BCUT2D eigenvalue weighted by Crippen LogP contribution is 2.00. The van der Waals surface area contributed by atoms with Crippen LogP contribution >= 0.6 is 0 Å². The molecule has 0 N–H and O–H groups in total. The lowest BCUT2D eigenvalue weighted by molar-refractivity contribution is -0.351. The fraction of sp³-hybridized carbons (Fsp3) is 0.714. The van der Waals surface area contributed by atoms with E-state index in [0.717, 1.165) is 0 Å². The third-order valence-electron chi connectivity index (χ3n) is 1.43. The van der Waals surface area contributed by atoms with Crippen LogP contribution in [0.4, 0.5) is 0 Å². The Kier molecular flexibility index (Phi) is 1.98. The van der Waals surface area contributed by atoms with Gasteiger partial charge >= 0.3 is 0 Å². The van der Waals surface area contributed by atoms with Crippen LogP contribution in [-0.2, 0) is 0 Å². The van der Waals surface area contributed by atoms with Gasteiger partial charge in [0.05, 0.1) is 7.05 Å². The van der Waals surface area contributed by atoms with Crippen LogP contribution in [0.2, 0.25) is 0 Å². The number of hydrogen-bond acceptors (Lipinski definition) is 1. The summed E-state index contributed by atoms with van der Waals surface area (Å²) in [5.41, 5.74) is 0. The van der Waals surface area contributed by atoms with Crippen molar-refractivity contribution in [3.05, 3.63) is 0 Å². The molecule has 1 rings (SSSR count). The van der Waals surface area contributed by atoms with E-state index in [1.165, 1.54) is 12.8 Å². The first-order chi connectivity index (χ1) is 4.33. The first-order valence-electron chi connectivity index (χ1n) is 3.43. The van der Waals surface area contributed by atoms with E-state index < -0.39 is 0 Å². The van der Waals surface area contributed by atoms with Crippen molar-refractivity contribution in [1.82, 2.24) is 0 Å². The molecule has 2 nitrogen and oxygen atoms in total. The lowest BCUT2D eigenvalue weighted by atomic mass is 10.2. The minimum atomic E-state index is 0.458. The van der Waals surface area contributed by atoms with Gasteiger partial charge in [0.1, 0.15) is 6.21 Å². The smallest absolute Gasteiger partial charge is 0.240 e. The van der Waals surface area contributed by atoms with Crippen LogP contribution in [-0.4, -0.2) is 30.2 Å². The van der Waals surface area contributed by atoms with Gasteiger partial charge in [-0.1, -0.05) is 18.3 Å². The first-order valence-corrected chi connectivity index (χ1v) is 3.43. The molecule has 1 aliphatic rings. The molecular weight excluding hydrogens is 112 g/mol. The Bertz CT molecular complexity index is 147. The molecule has 0 spiro atoms. The zero-order valence-electron chi connectivity index (χ0n) is 6.04. The quantitative estimate of drug-likeness (QED) is 0.487. The van der Waals surface area contributed by atoms with Gasteiger partial charge in [0.2, 0.25) is 0 Å². The Labute approximate surface area is 55.9 Å². The van der Waals surface area contributed by atoms with Crippen molar-refractivity contribution in [3.8, 4) is 0 Å². The fourth-order valence-corrected chi connectivity index (χ4v) is 0.984. The Morgan fingerprint density at radius 1 is 1.67 bits per heavy atom. The minimum Gasteiger partial charge on any atom is -0.240 e. The van der Waals surface area contributed by atoms with Crippen LogP contribution in [0.1, 0.15) is 19.8 Å². The maximum atomic E-state index is 4.25. The molecule has 9 heavy (non-hydrogen) atoms. The van der Waals surface area contributed by atoms with Crippen molar-refractivity contribution in [2.45, 2.75) is 25.8 Å². The molecule has 2 heteroatoms. The summed E-state index contributed by atoms with van der Waals surface area (Å²) in [6, 6.07) is 0.458. The second kappa shape index (κ2) is 2.76. The molecule has 1 aliphatic heterocycles. The van der Waals surface area contributed by atoms with Crippen LogP contribution < -0.4 is 0 Å². The molecule has 1 heterocycles. The lowest BCUT2D eigenvalue weighted by Crippen LogP contribution is -2.05. The topological polar surface area (TPSA) is 15.4 Å². The molecule has 0 radical (unpaired) electrons. The van der Waals surface area contributed by atoms with Gasteiger partial charge < -0.3 is 0 Å². The monoisotopic (exact) mass is 125 g/mol. The molecule has 0 aromatic heterocycles. The summed E-state index contributed by atoms with van der Waals surface area (Å²) in [5.74, 6) is 0. The Morgan fingerprint density at radius 2 is 2.44 bits per heavy atom. The zero-order valence-corrected chi connectivity index (χ0v) is 6.04. The van der Waals surface area contributed by atoms with Gasteiger partial charge in [0.25, 0.3) is 6.34 Å². The van der Waals surface area contributed by atoms with Crippen molar-refractivity contribution in [2.75, 3.05) is 7.05 Å². The van der Waals surface area contributed by atoms with Crippen LogP contribution in [0.15, 0.2) is 4.99 Å². The highest BCUT2D eigenvalue weighted by molar-refractivity contribution is 5.70. The number of nitrogens with zero attached hydrogens (tertiary/aromatic N) is 2. The molecule has 1 unspecified atom stereocenters. The van der Waals surface area contributed by atoms with Crippen molar-refractivity contribution in [2.24, 2.45) is 4.99 Å². The average molecular weight is 125 g/mol.